The Kier molecular flexibility index (Phi) is 7.62. The van der Waals surface area contributed by atoms with E-state index in [9.17, 15) is 31.9 Å². The highest BCUT2D eigenvalue weighted by Gasteiger charge is 2.44. The van der Waals surface area contributed by atoms with Crippen LogP contribution in [0.1, 0.15) is 17.5 Å². The second-order valence-corrected chi connectivity index (χ2v) is 8.34. The number of hydrogen-bond donors (Lipinski definition) is 4. The highest BCUT2D eigenvalue weighted by molar-refractivity contribution is 5.90. The van der Waals surface area contributed by atoms with E-state index in [4.69, 9.17) is 9.47 Å². The Balaban J connectivity index is 1.40. The molecule has 38 heavy (non-hydrogen) atoms. The van der Waals surface area contributed by atoms with Gasteiger partial charge in [0.15, 0.2) is 5.75 Å². The van der Waals surface area contributed by atoms with Gasteiger partial charge in [-0.1, -0.05) is 18.2 Å². The van der Waals surface area contributed by atoms with E-state index in [0.717, 1.165) is 24.4 Å². The molecule has 4 N–H and O–H groups in total. The molecule has 1 fully saturated rings. The third-order valence-electron chi connectivity index (χ3n) is 5.65. The number of alkyl halides is 3. The number of amides is 2. The summed E-state index contributed by atoms with van der Waals surface area (Å²) in [5.41, 5.74) is -3.11. The smallest absolute Gasteiger partial charge is 0.408 e. The summed E-state index contributed by atoms with van der Waals surface area (Å²) in [4.78, 5) is 36.6. The minimum absolute atomic E-state index is 0.0548. The number of nitrogens with one attached hydrogen (secondary N) is 4. The number of rotatable bonds is 7. The molecule has 10 nitrogen and oxygen atoms in total. The van der Waals surface area contributed by atoms with Crippen molar-refractivity contribution in [2.24, 2.45) is 0 Å². The van der Waals surface area contributed by atoms with Crippen molar-refractivity contribution in [3.8, 4) is 5.75 Å². The van der Waals surface area contributed by atoms with Gasteiger partial charge in [0.25, 0.3) is 5.56 Å². The molecular formula is C24H21F4N5O5. The second kappa shape index (κ2) is 10.9. The number of halogens is 4. The summed E-state index contributed by atoms with van der Waals surface area (Å²) in [6.45, 7) is -0.291. The Bertz CT molecular complexity index is 1390. The molecule has 14 heteroatoms. The van der Waals surface area contributed by atoms with E-state index in [0.29, 0.717) is 0 Å². The maximum atomic E-state index is 14.7. The molecule has 1 aliphatic rings. The maximum Gasteiger partial charge on any atom is 0.418 e. The number of aromatic nitrogens is 2. The molecule has 0 aliphatic carbocycles. The van der Waals surface area contributed by atoms with Gasteiger partial charge in [0.2, 0.25) is 5.91 Å². The molecule has 1 atom stereocenters. The zero-order valence-corrected chi connectivity index (χ0v) is 19.5. The number of aromatic amines is 1. The summed E-state index contributed by atoms with van der Waals surface area (Å²) in [7, 11) is 0. The first-order chi connectivity index (χ1) is 18.1. The number of para-hydroxylation sites is 1. The standard InChI is InChI=1S/C24H21F4N5O5/c25-18-9-15(31-19-4-2-1-3-17(19)24(26,27)28)6-5-14(18)11-29-21(35)23(7-8-37-13-23)32-22(36)38-16-10-20(34)33-30-12-16/h1-6,9-10,12,31H,7-8,11,13H2,(H,29,35)(H,32,36)(H,33,34)/t23-/m0/s1. The summed E-state index contributed by atoms with van der Waals surface area (Å²) in [6, 6.07) is 9.48. The first-order valence-electron chi connectivity index (χ1n) is 11.2. The molecular weight excluding hydrogens is 514 g/mol. The Morgan fingerprint density at radius 1 is 1.16 bits per heavy atom. The van der Waals surface area contributed by atoms with E-state index in [1.807, 2.05) is 0 Å². The van der Waals surface area contributed by atoms with E-state index in [-0.39, 0.29) is 48.9 Å². The normalized spacial score (nSPS) is 17.1. The van der Waals surface area contributed by atoms with Crippen LogP contribution in [-0.4, -0.2) is 41.0 Å². The van der Waals surface area contributed by atoms with E-state index in [2.05, 4.69) is 26.1 Å². The van der Waals surface area contributed by atoms with Gasteiger partial charge in [0.1, 0.15) is 11.4 Å². The first kappa shape index (κ1) is 26.6. The summed E-state index contributed by atoms with van der Waals surface area (Å²) in [5.74, 6) is -1.59. The van der Waals surface area contributed by atoms with Gasteiger partial charge in [-0.2, -0.15) is 18.3 Å². The predicted molar refractivity (Wildman–Crippen MR) is 125 cm³/mol. The largest absolute Gasteiger partial charge is 0.418 e. The molecule has 0 bridgehead atoms. The van der Waals surface area contributed by atoms with Crippen LogP contribution in [0.25, 0.3) is 0 Å². The minimum atomic E-state index is -4.59. The van der Waals surface area contributed by atoms with Gasteiger partial charge in [-0.05, 0) is 24.3 Å². The van der Waals surface area contributed by atoms with Crippen molar-refractivity contribution in [2.45, 2.75) is 24.7 Å². The number of nitrogens with zero attached hydrogens (tertiary/aromatic N) is 1. The Morgan fingerprint density at radius 2 is 1.95 bits per heavy atom. The minimum Gasteiger partial charge on any atom is -0.408 e. The van der Waals surface area contributed by atoms with E-state index < -0.39 is 40.7 Å². The number of ether oxygens (including phenoxy) is 2. The van der Waals surface area contributed by atoms with Gasteiger partial charge in [-0.3, -0.25) is 9.59 Å². The van der Waals surface area contributed by atoms with Gasteiger partial charge >= 0.3 is 12.3 Å². The zero-order valence-electron chi connectivity index (χ0n) is 19.5. The average molecular weight is 535 g/mol. The van der Waals surface area contributed by atoms with Gasteiger partial charge in [0, 0.05) is 36.9 Å². The zero-order chi connectivity index (χ0) is 27.3. The fraction of sp³-hybridized carbons (Fsp3) is 0.250. The van der Waals surface area contributed by atoms with Crippen molar-refractivity contribution in [2.75, 3.05) is 18.5 Å². The van der Waals surface area contributed by atoms with Crippen molar-refractivity contribution >= 4 is 23.4 Å². The highest BCUT2D eigenvalue weighted by Crippen LogP contribution is 2.36. The van der Waals surface area contributed by atoms with Crippen LogP contribution in [0.5, 0.6) is 5.75 Å². The van der Waals surface area contributed by atoms with Crippen LogP contribution in [-0.2, 0) is 22.3 Å². The van der Waals surface area contributed by atoms with Crippen LogP contribution in [0, 0.1) is 5.82 Å². The topological polar surface area (TPSA) is 134 Å². The molecule has 1 aliphatic heterocycles. The van der Waals surface area contributed by atoms with Gasteiger partial charge < -0.3 is 25.4 Å². The molecule has 2 heterocycles. The lowest BCUT2D eigenvalue weighted by Crippen LogP contribution is -2.59. The fourth-order valence-corrected chi connectivity index (χ4v) is 3.75. The van der Waals surface area contributed by atoms with Crippen LogP contribution < -0.4 is 26.2 Å². The Morgan fingerprint density at radius 3 is 2.63 bits per heavy atom. The van der Waals surface area contributed by atoms with Crippen molar-refractivity contribution in [1.29, 1.82) is 0 Å². The lowest BCUT2D eigenvalue weighted by atomic mass is 9.97. The van der Waals surface area contributed by atoms with E-state index >= 15 is 0 Å². The fourth-order valence-electron chi connectivity index (χ4n) is 3.75. The molecule has 3 aromatic rings. The lowest BCUT2D eigenvalue weighted by molar-refractivity contribution is -0.137. The molecule has 0 spiro atoms. The van der Waals surface area contributed by atoms with Crippen molar-refractivity contribution in [1.82, 2.24) is 20.8 Å². The van der Waals surface area contributed by atoms with Crippen LogP contribution in [0.15, 0.2) is 59.5 Å². The van der Waals surface area contributed by atoms with Gasteiger partial charge in [-0.25, -0.2) is 14.3 Å². The van der Waals surface area contributed by atoms with Crippen LogP contribution >= 0.6 is 0 Å². The number of hydrogen-bond acceptors (Lipinski definition) is 7. The van der Waals surface area contributed by atoms with Crippen molar-refractivity contribution in [3.05, 3.63) is 82.0 Å². The summed E-state index contributed by atoms with van der Waals surface area (Å²) < 4.78 is 64.7. The molecule has 4 rings (SSSR count). The number of anilines is 2. The molecule has 200 valence electrons. The molecule has 0 saturated carbocycles. The van der Waals surface area contributed by atoms with Crippen molar-refractivity contribution in [3.63, 3.8) is 0 Å². The van der Waals surface area contributed by atoms with Crippen LogP contribution in [0.3, 0.4) is 0 Å². The van der Waals surface area contributed by atoms with Crippen LogP contribution in [0.4, 0.5) is 33.7 Å². The van der Waals surface area contributed by atoms with E-state index in [1.165, 1.54) is 30.3 Å². The Hall–Kier alpha value is -4.46. The average Bonchev–Trinajstić information content (AvgIpc) is 3.32. The number of carbonyl (C=O) groups excluding carboxylic acids is 2. The highest BCUT2D eigenvalue weighted by atomic mass is 19.4. The quantitative estimate of drug-likeness (QED) is 0.341. The third kappa shape index (κ3) is 6.26. The monoisotopic (exact) mass is 535 g/mol. The lowest BCUT2D eigenvalue weighted by Gasteiger charge is -2.27. The maximum absolute atomic E-state index is 14.7. The summed E-state index contributed by atoms with van der Waals surface area (Å²) in [6.07, 6.45) is -4.42. The number of carbonyl (C=O) groups is 2. The first-order valence-corrected chi connectivity index (χ1v) is 11.2. The second-order valence-electron chi connectivity index (χ2n) is 8.34. The molecule has 1 saturated heterocycles. The van der Waals surface area contributed by atoms with Gasteiger partial charge in [0.05, 0.1) is 24.1 Å². The van der Waals surface area contributed by atoms with Crippen LogP contribution in [0.2, 0.25) is 0 Å². The third-order valence-corrected chi connectivity index (χ3v) is 5.65. The summed E-state index contributed by atoms with van der Waals surface area (Å²) in [5, 5.41) is 13.1. The number of benzene rings is 2. The predicted octanol–water partition coefficient (Wildman–Crippen LogP) is 3.24. The SMILES string of the molecule is O=C(N[C@@]1(C(=O)NCc2ccc(Nc3ccccc3C(F)(F)F)cc2F)CCOC1)Oc1cn[nH]c(=O)c1. The summed E-state index contributed by atoms with van der Waals surface area (Å²) >= 11 is 0. The molecule has 0 radical (unpaired) electrons. The molecule has 1 aromatic heterocycles. The number of H-pyrrole nitrogens is 1. The molecule has 2 aromatic carbocycles. The van der Waals surface area contributed by atoms with E-state index in [1.54, 1.807) is 0 Å². The molecule has 2 amide bonds. The van der Waals surface area contributed by atoms with Crippen molar-refractivity contribution < 1.29 is 36.6 Å². The molecule has 0 unspecified atom stereocenters. The van der Waals surface area contributed by atoms with Gasteiger partial charge in [-0.15, -0.1) is 0 Å². The Labute approximate surface area is 212 Å².